The first kappa shape index (κ1) is 63.0. The average molecular weight is 627 g/mol. The second-order valence-electron chi connectivity index (χ2n) is 1.50. The van der Waals surface area contributed by atoms with Gasteiger partial charge in [-0.05, 0) is 0 Å². The smallest absolute Gasteiger partial charge is 0.672 e. The summed E-state index contributed by atoms with van der Waals surface area (Å²) >= 11 is 0. The van der Waals surface area contributed by atoms with Crippen molar-refractivity contribution in [1.82, 2.24) is 0 Å². The maximum Gasteiger partial charge on any atom is 4.00 e. The summed E-state index contributed by atoms with van der Waals surface area (Å²) < 4.78 is 51.1. The Morgan fingerprint density at radius 2 is 0.357 bits per heavy atom. The molecule has 0 aliphatic heterocycles. The summed E-state index contributed by atoms with van der Waals surface area (Å²) in [5.41, 5.74) is 0. The fourth-order valence-electron chi connectivity index (χ4n) is 0. The summed E-state index contributed by atoms with van der Waals surface area (Å²) in [5.74, 6) is 0. The normalized spacial score (nSPS) is 5.14. The van der Waals surface area contributed by atoms with E-state index in [-0.39, 0.29) is 93.9 Å². The molecule has 0 aromatic rings. The molecule has 18 nitrogen and oxygen atoms in total. The van der Waals surface area contributed by atoms with Gasteiger partial charge in [-0.1, -0.05) is 0 Å². The van der Waals surface area contributed by atoms with Crippen LogP contribution in [0.1, 0.15) is 0 Å². The van der Waals surface area contributed by atoms with Gasteiger partial charge in [0.15, 0.2) is 0 Å². The molecule has 0 rings (SSSR count). The van der Waals surface area contributed by atoms with E-state index in [1.807, 2.05) is 0 Å². The van der Waals surface area contributed by atoms with Crippen molar-refractivity contribution in [3.8, 4) is 0 Å². The Hall–Kier alpha value is 0.727. The quantitative estimate of drug-likeness (QED) is 0.225. The zero-order chi connectivity index (χ0) is 21.5. The van der Waals surface area contributed by atoms with Gasteiger partial charge in [-0.25, -0.2) is 0 Å². The van der Waals surface area contributed by atoms with Gasteiger partial charge in [0.1, 0.15) is 0 Å². The van der Waals surface area contributed by atoms with Gasteiger partial charge in [0.05, 0.1) is 0 Å². The Morgan fingerprint density at radius 3 is 0.357 bits per heavy atom. The standard InChI is InChI=1S/Al.Ca.Fe.6O3Si.Ti/c;;;6*1-4(2)3;/q+3;+2;+3;6*-2;+4. The van der Waals surface area contributed by atoms with Gasteiger partial charge in [0.25, 0.3) is 0 Å². The molecule has 0 unspecified atom stereocenters. The summed E-state index contributed by atoms with van der Waals surface area (Å²) in [6, 6.07) is 0. The van der Waals surface area contributed by atoms with Crippen LogP contribution in [0.15, 0.2) is 0 Å². The third-order valence-electron chi connectivity index (χ3n) is 0. The van der Waals surface area contributed by atoms with Crippen molar-refractivity contribution in [1.29, 1.82) is 0 Å². The van der Waals surface area contributed by atoms with Crippen molar-refractivity contribution in [2.75, 3.05) is 0 Å². The van der Waals surface area contributed by atoms with Crippen LogP contribution in [0.25, 0.3) is 0 Å². The van der Waals surface area contributed by atoms with Crippen LogP contribution in [0.2, 0.25) is 0 Å². The van der Waals surface area contributed by atoms with E-state index >= 15 is 0 Å². The summed E-state index contributed by atoms with van der Waals surface area (Å²) in [5, 5.41) is 0. The van der Waals surface area contributed by atoms with E-state index in [0.29, 0.717) is 0 Å². The van der Waals surface area contributed by atoms with Crippen LogP contribution in [0.3, 0.4) is 0 Å². The fourth-order valence-corrected chi connectivity index (χ4v) is 0. The molecule has 0 heterocycles. The molecule has 0 aliphatic rings. The molecule has 0 amide bonds. The van der Waals surface area contributed by atoms with E-state index in [4.69, 9.17) is 84.3 Å². The molecule has 0 spiro atoms. The molecule has 0 aromatic heterocycles. The molecule has 0 bridgehead atoms. The van der Waals surface area contributed by atoms with E-state index in [1.54, 1.807) is 0 Å². The van der Waals surface area contributed by atoms with Crippen LogP contribution in [0.4, 0.5) is 0 Å². The second-order valence-corrected chi connectivity index (χ2v) is 4.50. The molecule has 0 aromatic carbocycles. The molecule has 28 heavy (non-hydrogen) atoms. The topological polar surface area (TPSA) is 379 Å². The van der Waals surface area contributed by atoms with E-state index in [2.05, 4.69) is 0 Å². The first-order valence-electron chi connectivity index (χ1n) is 3.67. The average Bonchev–Trinajstić information content (AvgIpc) is 2.08. The third-order valence-corrected chi connectivity index (χ3v) is 0. The van der Waals surface area contributed by atoms with Crippen molar-refractivity contribution in [2.45, 2.75) is 0 Å². The first-order valence-corrected chi connectivity index (χ1v) is 11.0. The summed E-state index contributed by atoms with van der Waals surface area (Å²) in [7, 11) is -21.8. The van der Waals surface area contributed by atoms with E-state index in [9.17, 15) is 0 Å². The predicted molar refractivity (Wildman–Crippen MR) is 50.2 cm³/mol. The van der Waals surface area contributed by atoms with Gasteiger partial charge in [-0.2, -0.15) is 0 Å². The Bertz CT molecular complexity index is 275. The molecule has 1 radical (unpaired) electrons. The zero-order valence-corrected chi connectivity index (χ0v) is 24.5. The molecule has 0 N–H and O–H groups in total. The summed E-state index contributed by atoms with van der Waals surface area (Å²) in [6.45, 7) is 0. The summed E-state index contributed by atoms with van der Waals surface area (Å²) in [4.78, 5) is 102. The first-order chi connectivity index (χ1) is 10.4. The zero-order valence-electron chi connectivity index (χ0n) is 12.5. The Balaban J connectivity index is -0.0000000169. The number of rotatable bonds is 0. The minimum absolute atomic E-state index is 0. The second kappa shape index (κ2) is 56.5. The molecule has 0 aliphatic carbocycles. The maximum absolute atomic E-state index is 8.52. The predicted octanol–water partition coefficient (Wildman–Crippen LogP) is -18.0. The SMILES string of the molecule is O=[Si]([O-])[O-].O=[Si]([O-])[O-].O=[Si]([O-])[O-].O=[Si]([O-])[O-].O=[Si]([O-])[O-].O=[Si]([O-])[O-].[Al+3].[Ca+2].[Fe+3].[Ti+4]. The van der Waals surface area contributed by atoms with Crippen LogP contribution in [0, 0.1) is 0 Å². The maximum atomic E-state index is 8.52. The minimum atomic E-state index is -3.63. The molecule has 149 valence electrons. The van der Waals surface area contributed by atoms with Crippen molar-refractivity contribution >= 4 is 110 Å². The third kappa shape index (κ3) is 33400. The summed E-state index contributed by atoms with van der Waals surface area (Å²) in [6.07, 6.45) is 0. The molecule has 0 atom stereocenters. The van der Waals surface area contributed by atoms with E-state index < -0.39 is 55.0 Å². The molecular weight excluding hydrogens is 627 g/mol. The van der Waals surface area contributed by atoms with Gasteiger partial charge in [0.2, 0.25) is 0 Å². The van der Waals surface area contributed by atoms with Crippen molar-refractivity contribution in [2.24, 2.45) is 0 Å². The minimum Gasteiger partial charge on any atom is -0.672 e. The van der Waals surface area contributed by atoms with E-state index in [1.165, 1.54) is 0 Å². The van der Waals surface area contributed by atoms with Gasteiger partial charge in [0, 0.05) is 55.0 Å². The molecule has 0 saturated carbocycles. The van der Waals surface area contributed by atoms with Crippen LogP contribution in [0.5, 0.6) is 0 Å². The van der Waals surface area contributed by atoms with Crippen LogP contribution >= 0.6 is 0 Å². The monoisotopic (exact) mass is 627 g/mol. The van der Waals surface area contributed by atoms with Gasteiger partial charge < -0.3 is 84.3 Å². The number of hydrogen-bond donors (Lipinski definition) is 0. The van der Waals surface area contributed by atoms with Crippen molar-refractivity contribution < 1.29 is 123 Å². The van der Waals surface area contributed by atoms with Crippen molar-refractivity contribution in [3.63, 3.8) is 0 Å². The van der Waals surface area contributed by atoms with Crippen molar-refractivity contribution in [3.05, 3.63) is 0 Å². The fraction of sp³-hybridized carbons (Fsp3) is 0. The van der Waals surface area contributed by atoms with Gasteiger partial charge in [-0.3, -0.25) is 0 Å². The Labute approximate surface area is 230 Å². The van der Waals surface area contributed by atoms with Gasteiger partial charge >= 0.3 is 93.9 Å². The Morgan fingerprint density at radius 1 is 0.357 bits per heavy atom. The molecule has 0 fully saturated rings. The Kier molecular flexibility index (Phi) is 127. The molecule has 28 heteroatoms. The van der Waals surface area contributed by atoms with Crippen LogP contribution < -0.4 is 57.5 Å². The number of hydrogen-bond acceptors (Lipinski definition) is 18. The largest absolute Gasteiger partial charge is 4.00 e. The van der Waals surface area contributed by atoms with E-state index in [0.717, 1.165) is 0 Å². The van der Waals surface area contributed by atoms with Crippen LogP contribution in [-0.2, 0) is 65.6 Å². The molecular formula is AlCaFeO18Si6Ti. The van der Waals surface area contributed by atoms with Crippen LogP contribution in [-0.4, -0.2) is 110 Å². The molecule has 0 saturated heterocycles. The van der Waals surface area contributed by atoms with Gasteiger partial charge in [-0.15, -0.1) is 0 Å².